The van der Waals surface area contributed by atoms with Crippen LogP contribution in [0.15, 0.2) is 4.42 Å². The first-order chi connectivity index (χ1) is 10.3. The molecule has 1 aliphatic carbocycles. The van der Waals surface area contributed by atoms with E-state index in [4.69, 9.17) is 9.40 Å². The normalized spacial score (nSPS) is 25.8. The van der Waals surface area contributed by atoms with Gasteiger partial charge in [0.05, 0.1) is 12.2 Å². The highest BCUT2D eigenvalue weighted by molar-refractivity contribution is 5.13. The number of likely N-dealkylation sites (tertiary alicyclic amines) is 1. The van der Waals surface area contributed by atoms with Gasteiger partial charge in [-0.05, 0) is 26.3 Å². The lowest BCUT2D eigenvalue weighted by molar-refractivity contribution is 0.00160. The molecule has 2 fully saturated rings. The number of rotatable bonds is 3. The van der Waals surface area contributed by atoms with E-state index in [1.807, 2.05) is 0 Å². The molecule has 0 saturated carbocycles. The van der Waals surface area contributed by atoms with Crippen LogP contribution in [0, 0.1) is 0 Å². The molecular formula is C16H26N4O. The van der Waals surface area contributed by atoms with Gasteiger partial charge in [-0.2, -0.15) is 0 Å². The Hall–Kier alpha value is -0.910. The van der Waals surface area contributed by atoms with E-state index >= 15 is 0 Å². The number of aryl methyl sites for hydroxylation is 2. The van der Waals surface area contributed by atoms with Gasteiger partial charge >= 0.3 is 0 Å². The first-order valence-electron chi connectivity index (χ1n) is 8.40. The summed E-state index contributed by atoms with van der Waals surface area (Å²) in [6.07, 6.45) is 4.74. The molecule has 0 N–H and O–H groups in total. The van der Waals surface area contributed by atoms with Crippen molar-refractivity contribution < 1.29 is 4.42 Å². The van der Waals surface area contributed by atoms with E-state index in [1.54, 1.807) is 0 Å². The third kappa shape index (κ3) is 2.87. The summed E-state index contributed by atoms with van der Waals surface area (Å²) in [5.74, 6) is 2.10. The molecule has 0 amide bonds. The van der Waals surface area contributed by atoms with Crippen molar-refractivity contribution in [3.8, 4) is 0 Å². The number of aromatic nitrogens is 1. The lowest BCUT2D eigenvalue weighted by atomic mass is 10.0. The van der Waals surface area contributed by atoms with E-state index in [0.717, 1.165) is 37.1 Å². The largest absolute Gasteiger partial charge is 0.444 e. The highest BCUT2D eigenvalue weighted by Gasteiger charge is 2.33. The predicted molar refractivity (Wildman–Crippen MR) is 81.3 cm³/mol. The van der Waals surface area contributed by atoms with Crippen LogP contribution in [0.3, 0.4) is 0 Å². The third-order valence-corrected chi connectivity index (χ3v) is 5.24. The van der Waals surface area contributed by atoms with Gasteiger partial charge in [-0.25, -0.2) is 4.98 Å². The van der Waals surface area contributed by atoms with Crippen molar-refractivity contribution in [2.24, 2.45) is 0 Å². The summed E-state index contributed by atoms with van der Waals surface area (Å²) in [6.45, 7) is 8.13. The molecule has 1 aromatic rings. The van der Waals surface area contributed by atoms with Crippen molar-refractivity contribution in [3.05, 3.63) is 17.3 Å². The Morgan fingerprint density at radius 3 is 2.62 bits per heavy atom. The zero-order valence-electron chi connectivity index (χ0n) is 13.1. The summed E-state index contributed by atoms with van der Waals surface area (Å²) in [7, 11) is 2.22. The van der Waals surface area contributed by atoms with Gasteiger partial charge in [0.2, 0.25) is 5.89 Å². The van der Waals surface area contributed by atoms with Crippen LogP contribution >= 0.6 is 0 Å². The van der Waals surface area contributed by atoms with Crippen molar-refractivity contribution in [2.75, 3.05) is 46.3 Å². The molecule has 4 rings (SSSR count). The summed E-state index contributed by atoms with van der Waals surface area (Å²) >= 11 is 0. The smallest absolute Gasteiger partial charge is 0.208 e. The van der Waals surface area contributed by atoms with Crippen molar-refractivity contribution in [3.63, 3.8) is 0 Å². The Balaban J connectivity index is 1.27. The number of oxazole rings is 1. The number of likely N-dealkylation sites (N-methyl/N-ethyl adjacent to an activating group) is 1. The zero-order valence-corrected chi connectivity index (χ0v) is 13.1. The van der Waals surface area contributed by atoms with Crippen LogP contribution in [0.1, 0.15) is 30.2 Å². The number of fused-ring (bicyclic) bond motifs is 1. The molecule has 0 radical (unpaired) electrons. The van der Waals surface area contributed by atoms with Crippen molar-refractivity contribution in [2.45, 2.75) is 38.3 Å². The SMILES string of the molecule is CN1CCN(C2CN(Cc3nc4c(o3)CCCC4)C2)CC1. The molecule has 3 heterocycles. The Kier molecular flexibility index (Phi) is 3.73. The van der Waals surface area contributed by atoms with E-state index in [1.165, 1.54) is 57.8 Å². The molecule has 0 unspecified atom stereocenters. The van der Waals surface area contributed by atoms with Gasteiger partial charge in [-0.15, -0.1) is 0 Å². The minimum atomic E-state index is 0.753. The van der Waals surface area contributed by atoms with Gasteiger partial charge in [0.1, 0.15) is 5.76 Å². The van der Waals surface area contributed by atoms with Crippen LogP contribution in [-0.2, 0) is 19.4 Å². The maximum Gasteiger partial charge on any atom is 0.208 e. The Morgan fingerprint density at radius 1 is 1.10 bits per heavy atom. The molecular weight excluding hydrogens is 264 g/mol. The van der Waals surface area contributed by atoms with Crippen LogP contribution in [0.2, 0.25) is 0 Å². The van der Waals surface area contributed by atoms with Crippen LogP contribution in [0.25, 0.3) is 0 Å². The lowest BCUT2D eigenvalue weighted by Crippen LogP contribution is -2.62. The van der Waals surface area contributed by atoms with Gasteiger partial charge in [-0.3, -0.25) is 9.80 Å². The summed E-state index contributed by atoms with van der Waals surface area (Å²) in [5.41, 5.74) is 1.23. The van der Waals surface area contributed by atoms with Gasteiger partial charge in [-0.1, -0.05) is 0 Å². The quantitative estimate of drug-likeness (QED) is 0.829. The fourth-order valence-electron chi connectivity index (χ4n) is 3.75. The average molecular weight is 290 g/mol. The van der Waals surface area contributed by atoms with Crippen molar-refractivity contribution >= 4 is 0 Å². The highest BCUT2D eigenvalue weighted by atomic mass is 16.4. The fraction of sp³-hybridized carbons (Fsp3) is 0.812. The molecule has 0 aromatic carbocycles. The van der Waals surface area contributed by atoms with Gasteiger partial charge < -0.3 is 9.32 Å². The maximum atomic E-state index is 5.93. The molecule has 0 atom stereocenters. The topological polar surface area (TPSA) is 35.8 Å². The molecule has 1 aromatic heterocycles. The van der Waals surface area contributed by atoms with Gasteiger partial charge in [0, 0.05) is 51.7 Å². The molecule has 0 spiro atoms. The Bertz CT molecular complexity index is 463. The minimum absolute atomic E-state index is 0.753. The molecule has 2 aliphatic heterocycles. The minimum Gasteiger partial charge on any atom is -0.444 e. The standard InChI is InChI=1S/C16H26N4O/c1-18-6-8-20(9-7-18)13-10-19(11-13)12-16-17-14-4-2-3-5-15(14)21-16/h13H,2-12H2,1H3. The molecule has 116 valence electrons. The van der Waals surface area contributed by atoms with E-state index < -0.39 is 0 Å². The summed E-state index contributed by atoms with van der Waals surface area (Å²) < 4.78 is 5.93. The number of nitrogens with zero attached hydrogens (tertiary/aromatic N) is 4. The van der Waals surface area contributed by atoms with E-state index in [-0.39, 0.29) is 0 Å². The van der Waals surface area contributed by atoms with Gasteiger partial charge in [0.25, 0.3) is 0 Å². The van der Waals surface area contributed by atoms with Crippen LogP contribution in [-0.4, -0.2) is 72.0 Å². The number of piperazine rings is 1. The molecule has 2 saturated heterocycles. The van der Waals surface area contributed by atoms with E-state index in [0.29, 0.717) is 0 Å². The van der Waals surface area contributed by atoms with Crippen LogP contribution < -0.4 is 0 Å². The molecule has 3 aliphatic rings. The monoisotopic (exact) mass is 290 g/mol. The molecule has 5 nitrogen and oxygen atoms in total. The lowest BCUT2D eigenvalue weighted by Gasteiger charge is -2.47. The first kappa shape index (κ1) is 13.7. The van der Waals surface area contributed by atoms with Crippen LogP contribution in [0.4, 0.5) is 0 Å². The van der Waals surface area contributed by atoms with E-state index in [2.05, 4.69) is 21.7 Å². The molecule has 21 heavy (non-hydrogen) atoms. The average Bonchev–Trinajstić information content (AvgIpc) is 2.86. The highest BCUT2D eigenvalue weighted by Crippen LogP contribution is 2.24. The zero-order chi connectivity index (χ0) is 14.2. The Morgan fingerprint density at radius 2 is 1.86 bits per heavy atom. The van der Waals surface area contributed by atoms with Gasteiger partial charge in [0.15, 0.2) is 0 Å². The van der Waals surface area contributed by atoms with E-state index in [9.17, 15) is 0 Å². The Labute approximate surface area is 126 Å². The van der Waals surface area contributed by atoms with Crippen molar-refractivity contribution in [1.82, 2.24) is 19.7 Å². The van der Waals surface area contributed by atoms with Crippen molar-refractivity contribution in [1.29, 1.82) is 0 Å². The number of hydrogen-bond donors (Lipinski definition) is 0. The maximum absolute atomic E-state index is 5.93. The summed E-state index contributed by atoms with van der Waals surface area (Å²) in [4.78, 5) is 12.2. The molecule has 0 bridgehead atoms. The third-order valence-electron chi connectivity index (χ3n) is 5.24. The first-order valence-corrected chi connectivity index (χ1v) is 8.40. The van der Waals surface area contributed by atoms with Crippen LogP contribution in [0.5, 0.6) is 0 Å². The number of hydrogen-bond acceptors (Lipinski definition) is 5. The second-order valence-corrected chi connectivity index (χ2v) is 6.87. The fourth-order valence-corrected chi connectivity index (χ4v) is 3.75. The summed E-state index contributed by atoms with van der Waals surface area (Å²) in [6, 6.07) is 0.753. The molecule has 5 heteroatoms. The second-order valence-electron chi connectivity index (χ2n) is 6.87. The predicted octanol–water partition coefficient (Wildman–Crippen LogP) is 0.985. The summed E-state index contributed by atoms with van der Waals surface area (Å²) in [5, 5.41) is 0. The second kappa shape index (κ2) is 5.71.